The van der Waals surface area contributed by atoms with Gasteiger partial charge in [-0.05, 0) is 12.1 Å². The molecule has 3 heterocycles. The van der Waals surface area contributed by atoms with E-state index in [1.807, 2.05) is 40.6 Å². The summed E-state index contributed by atoms with van der Waals surface area (Å²) in [5, 5.41) is 8.32. The number of hydrogen-bond donors (Lipinski definition) is 1. The van der Waals surface area contributed by atoms with Crippen molar-refractivity contribution in [1.29, 1.82) is 0 Å². The Kier molecular flexibility index (Phi) is 6.09. The Morgan fingerprint density at radius 3 is 2.90 bits per heavy atom. The Balaban J connectivity index is 0.00000161. The third kappa shape index (κ3) is 4.00. The van der Waals surface area contributed by atoms with Crippen LogP contribution in [0.15, 0.2) is 29.4 Å². The van der Waals surface area contributed by atoms with Crippen LogP contribution in [0.25, 0.3) is 5.65 Å². The maximum absolute atomic E-state index is 6.02. The number of fused-ring (bicyclic) bond motifs is 1. The predicted octanol–water partition coefficient (Wildman–Crippen LogP) is 1.25. The maximum atomic E-state index is 6.02. The number of guanidine groups is 1. The smallest absolute Gasteiger partial charge is 0.191 e. The van der Waals surface area contributed by atoms with E-state index >= 15 is 0 Å². The van der Waals surface area contributed by atoms with Gasteiger partial charge in [-0.2, -0.15) is 11.8 Å². The highest BCUT2D eigenvalue weighted by Crippen LogP contribution is 2.08. The molecule has 0 radical (unpaired) electrons. The SMILES string of the molecule is I.NC(=NCCc1nnc2ccccn12)N1CCSCC1. The lowest BCUT2D eigenvalue weighted by atomic mass is 10.4. The molecule has 1 saturated heterocycles. The lowest BCUT2D eigenvalue weighted by molar-refractivity contribution is 0.456. The molecule has 3 rings (SSSR count). The molecule has 2 aromatic heterocycles. The van der Waals surface area contributed by atoms with Gasteiger partial charge >= 0.3 is 0 Å². The molecule has 2 N–H and O–H groups in total. The largest absolute Gasteiger partial charge is 0.370 e. The Morgan fingerprint density at radius 1 is 1.29 bits per heavy atom. The van der Waals surface area contributed by atoms with E-state index in [2.05, 4.69) is 20.1 Å². The fourth-order valence-corrected chi connectivity index (χ4v) is 3.13. The number of pyridine rings is 1. The summed E-state index contributed by atoms with van der Waals surface area (Å²) in [5.74, 6) is 3.83. The van der Waals surface area contributed by atoms with E-state index < -0.39 is 0 Å². The molecule has 0 saturated carbocycles. The van der Waals surface area contributed by atoms with Crippen LogP contribution in [0.4, 0.5) is 0 Å². The van der Waals surface area contributed by atoms with Gasteiger partial charge in [0.2, 0.25) is 0 Å². The minimum atomic E-state index is 0. The van der Waals surface area contributed by atoms with Crippen molar-refractivity contribution in [2.75, 3.05) is 31.1 Å². The fraction of sp³-hybridized carbons (Fsp3) is 0.462. The minimum absolute atomic E-state index is 0. The van der Waals surface area contributed by atoms with E-state index in [0.717, 1.165) is 42.5 Å². The number of hydrogen-bond acceptors (Lipinski definition) is 4. The second kappa shape index (κ2) is 7.83. The first-order valence-corrected chi connectivity index (χ1v) is 7.91. The van der Waals surface area contributed by atoms with Gasteiger partial charge in [0.05, 0.1) is 0 Å². The van der Waals surface area contributed by atoms with Gasteiger partial charge in [-0.1, -0.05) is 6.07 Å². The number of rotatable bonds is 3. The van der Waals surface area contributed by atoms with Crippen LogP contribution in [0, 0.1) is 0 Å². The molecule has 0 unspecified atom stereocenters. The van der Waals surface area contributed by atoms with E-state index in [-0.39, 0.29) is 24.0 Å². The van der Waals surface area contributed by atoms with Gasteiger partial charge in [0, 0.05) is 43.8 Å². The van der Waals surface area contributed by atoms with E-state index in [4.69, 9.17) is 5.73 Å². The summed E-state index contributed by atoms with van der Waals surface area (Å²) in [6, 6.07) is 5.88. The Labute approximate surface area is 145 Å². The number of nitrogens with zero attached hydrogens (tertiary/aromatic N) is 5. The molecule has 1 fully saturated rings. The van der Waals surface area contributed by atoms with E-state index in [1.54, 1.807) is 0 Å². The molecule has 0 bridgehead atoms. The lowest BCUT2D eigenvalue weighted by Crippen LogP contribution is -2.42. The van der Waals surface area contributed by atoms with Crippen LogP contribution < -0.4 is 5.73 Å². The van der Waals surface area contributed by atoms with Crippen LogP contribution in [0.2, 0.25) is 0 Å². The molecule has 6 nitrogen and oxygen atoms in total. The van der Waals surface area contributed by atoms with E-state index in [9.17, 15) is 0 Å². The highest BCUT2D eigenvalue weighted by Gasteiger charge is 2.12. The summed E-state index contributed by atoms with van der Waals surface area (Å²) >= 11 is 1.97. The Hall–Kier alpha value is -1.03. The second-order valence-corrected chi connectivity index (χ2v) is 5.86. The first kappa shape index (κ1) is 16.3. The van der Waals surface area contributed by atoms with Crippen LogP contribution in [0.1, 0.15) is 5.82 Å². The zero-order valence-electron chi connectivity index (χ0n) is 11.7. The zero-order valence-corrected chi connectivity index (χ0v) is 14.8. The zero-order chi connectivity index (χ0) is 13.8. The molecule has 0 aliphatic carbocycles. The molecule has 0 amide bonds. The molecule has 2 aromatic rings. The van der Waals surface area contributed by atoms with Gasteiger partial charge in [-0.3, -0.25) is 9.39 Å². The van der Waals surface area contributed by atoms with Crippen molar-refractivity contribution in [3.8, 4) is 0 Å². The molecule has 0 spiro atoms. The van der Waals surface area contributed by atoms with Crippen molar-refractivity contribution in [3.05, 3.63) is 30.2 Å². The molecule has 0 aromatic carbocycles. The van der Waals surface area contributed by atoms with Crippen LogP contribution in [-0.2, 0) is 6.42 Å². The average molecular weight is 418 g/mol. The topological polar surface area (TPSA) is 71.8 Å². The van der Waals surface area contributed by atoms with Crippen LogP contribution in [0.3, 0.4) is 0 Å². The summed E-state index contributed by atoms with van der Waals surface area (Å²) in [6.07, 6.45) is 2.72. The Bertz CT molecular complexity index is 607. The lowest BCUT2D eigenvalue weighted by Gasteiger charge is -2.27. The van der Waals surface area contributed by atoms with Crippen molar-refractivity contribution >= 4 is 47.3 Å². The molecule has 21 heavy (non-hydrogen) atoms. The van der Waals surface area contributed by atoms with Gasteiger partial charge in [-0.15, -0.1) is 34.2 Å². The van der Waals surface area contributed by atoms with Crippen molar-refractivity contribution in [2.24, 2.45) is 10.7 Å². The van der Waals surface area contributed by atoms with Crippen LogP contribution in [-0.4, -0.2) is 56.6 Å². The van der Waals surface area contributed by atoms with E-state index in [0.29, 0.717) is 12.5 Å². The summed E-state index contributed by atoms with van der Waals surface area (Å²) in [4.78, 5) is 6.61. The molecule has 114 valence electrons. The fourth-order valence-electron chi connectivity index (χ4n) is 2.22. The van der Waals surface area contributed by atoms with Gasteiger partial charge in [0.1, 0.15) is 5.82 Å². The molecule has 0 atom stereocenters. The van der Waals surface area contributed by atoms with Crippen molar-refractivity contribution < 1.29 is 0 Å². The number of thioether (sulfide) groups is 1. The standard InChI is InChI=1S/C13H18N6S.HI/c14-13(18-7-9-20-10-8-18)15-5-4-12-17-16-11-3-1-2-6-19(11)12;/h1-3,6H,4-5,7-10H2,(H2,14,15);1H. The molecular formula is C13H19IN6S. The number of nitrogens with two attached hydrogens (primary N) is 1. The third-order valence-electron chi connectivity index (χ3n) is 3.33. The number of aliphatic imine (C=N–C) groups is 1. The Morgan fingerprint density at radius 2 is 2.10 bits per heavy atom. The molecular weight excluding hydrogens is 399 g/mol. The normalized spacial score (nSPS) is 16.0. The maximum Gasteiger partial charge on any atom is 0.191 e. The summed E-state index contributed by atoms with van der Waals surface area (Å²) in [5.41, 5.74) is 6.89. The number of aromatic nitrogens is 3. The van der Waals surface area contributed by atoms with Crippen molar-refractivity contribution in [1.82, 2.24) is 19.5 Å². The molecule has 1 aliphatic heterocycles. The summed E-state index contributed by atoms with van der Waals surface area (Å²) in [6.45, 7) is 2.63. The second-order valence-electron chi connectivity index (χ2n) is 4.63. The van der Waals surface area contributed by atoms with Crippen LogP contribution >= 0.6 is 35.7 Å². The average Bonchev–Trinajstić information content (AvgIpc) is 2.92. The quantitative estimate of drug-likeness (QED) is 0.462. The van der Waals surface area contributed by atoms with E-state index in [1.165, 1.54) is 0 Å². The van der Waals surface area contributed by atoms with Crippen molar-refractivity contribution in [2.45, 2.75) is 6.42 Å². The molecule has 8 heteroatoms. The van der Waals surface area contributed by atoms with Gasteiger partial charge in [-0.25, -0.2) is 0 Å². The summed E-state index contributed by atoms with van der Waals surface area (Å²) < 4.78 is 1.99. The first-order valence-electron chi connectivity index (χ1n) is 6.76. The third-order valence-corrected chi connectivity index (χ3v) is 4.27. The minimum Gasteiger partial charge on any atom is -0.370 e. The highest BCUT2D eigenvalue weighted by atomic mass is 127. The number of halogens is 1. The van der Waals surface area contributed by atoms with Crippen LogP contribution in [0.5, 0.6) is 0 Å². The van der Waals surface area contributed by atoms with Gasteiger partial charge in [0.25, 0.3) is 0 Å². The molecule has 1 aliphatic rings. The van der Waals surface area contributed by atoms with Gasteiger partial charge in [0.15, 0.2) is 11.6 Å². The van der Waals surface area contributed by atoms with Crippen molar-refractivity contribution in [3.63, 3.8) is 0 Å². The highest BCUT2D eigenvalue weighted by molar-refractivity contribution is 14.0. The predicted molar refractivity (Wildman–Crippen MR) is 97.5 cm³/mol. The summed E-state index contributed by atoms with van der Waals surface area (Å²) in [7, 11) is 0. The first-order chi connectivity index (χ1) is 9.84. The van der Waals surface area contributed by atoms with Gasteiger partial charge < -0.3 is 10.6 Å². The monoisotopic (exact) mass is 418 g/mol.